The number of esters is 1. The predicted molar refractivity (Wildman–Crippen MR) is 126 cm³/mol. The van der Waals surface area contributed by atoms with E-state index >= 15 is 0 Å². The number of amides is 2. The van der Waals surface area contributed by atoms with Gasteiger partial charge in [0.1, 0.15) is 6.04 Å². The number of likely N-dealkylation sites (tertiary alicyclic amines) is 1. The number of aliphatic hydroxyl groups is 1. The summed E-state index contributed by atoms with van der Waals surface area (Å²) in [5, 5.41) is 9.92. The Morgan fingerprint density at radius 3 is 2.76 bits per heavy atom. The van der Waals surface area contributed by atoms with Crippen LogP contribution < -0.4 is 0 Å². The second-order valence-corrected chi connectivity index (χ2v) is 10.7. The van der Waals surface area contributed by atoms with Crippen LogP contribution in [0, 0.1) is 11.8 Å². The highest BCUT2D eigenvalue weighted by Gasteiger charge is 2.74. The van der Waals surface area contributed by atoms with Crippen LogP contribution in [0.4, 0.5) is 0 Å². The molecule has 1 N–H and O–H groups in total. The Balaban J connectivity index is 1.73. The van der Waals surface area contributed by atoms with E-state index in [1.807, 2.05) is 30.3 Å². The van der Waals surface area contributed by atoms with Crippen LogP contribution in [0.5, 0.6) is 0 Å². The second kappa shape index (κ2) is 9.50. The van der Waals surface area contributed by atoms with Crippen molar-refractivity contribution in [3.05, 3.63) is 48.6 Å². The minimum Gasteiger partial charge on any atom is -0.466 e. The molecule has 1 aromatic rings. The molecule has 2 amide bonds. The third-order valence-electron chi connectivity index (χ3n) is 7.15. The molecule has 1 aromatic carbocycles. The van der Waals surface area contributed by atoms with Crippen LogP contribution in [0.15, 0.2) is 43.0 Å². The average Bonchev–Trinajstić information content (AvgIpc) is 3.46. The fraction of sp³-hybridized carbons (Fsp3) is 0.560. The van der Waals surface area contributed by atoms with Crippen molar-refractivity contribution in [2.24, 2.45) is 11.8 Å². The van der Waals surface area contributed by atoms with Gasteiger partial charge in [0, 0.05) is 18.3 Å². The SMILES string of the molecule is C=CCN(Cc1ccccc1)C(=O)C1N([C@H](C)CO)C(=O)[C@@H]2[C@@H](C(=O)OCC)[C@H]3CCC12S3. The number of rotatable bonds is 9. The normalized spacial score (nSPS) is 30.8. The monoisotopic (exact) mass is 472 g/mol. The summed E-state index contributed by atoms with van der Waals surface area (Å²) in [5.41, 5.74) is 0.987. The van der Waals surface area contributed by atoms with E-state index < -0.39 is 28.7 Å². The van der Waals surface area contributed by atoms with Gasteiger partial charge in [-0.3, -0.25) is 14.4 Å². The molecule has 3 fully saturated rings. The maximum Gasteiger partial charge on any atom is 0.310 e. The summed E-state index contributed by atoms with van der Waals surface area (Å²) in [4.78, 5) is 44.0. The van der Waals surface area contributed by atoms with Gasteiger partial charge >= 0.3 is 5.97 Å². The molecule has 0 aliphatic carbocycles. The number of hydrogen-bond donors (Lipinski definition) is 1. The minimum absolute atomic E-state index is 0.0261. The Labute approximate surface area is 199 Å². The summed E-state index contributed by atoms with van der Waals surface area (Å²) in [6, 6.07) is 8.44. The van der Waals surface area contributed by atoms with Crippen molar-refractivity contribution in [1.82, 2.24) is 9.80 Å². The van der Waals surface area contributed by atoms with Crippen LogP contribution in [0.25, 0.3) is 0 Å². The number of nitrogens with zero attached hydrogens (tertiary/aromatic N) is 2. The molecular formula is C25H32N2O5S. The lowest BCUT2D eigenvalue weighted by atomic mass is 9.71. The molecule has 3 saturated heterocycles. The summed E-state index contributed by atoms with van der Waals surface area (Å²) in [6.07, 6.45) is 3.14. The summed E-state index contributed by atoms with van der Waals surface area (Å²) < 4.78 is 4.65. The molecule has 1 spiro atoms. The molecule has 0 aromatic heterocycles. The first-order valence-corrected chi connectivity index (χ1v) is 12.5. The van der Waals surface area contributed by atoms with E-state index in [-0.39, 0.29) is 36.2 Å². The molecule has 33 heavy (non-hydrogen) atoms. The molecule has 2 bridgehead atoms. The number of benzene rings is 1. The Bertz CT molecular complexity index is 925. The van der Waals surface area contributed by atoms with Crippen LogP contribution in [-0.2, 0) is 25.7 Å². The molecule has 7 nitrogen and oxygen atoms in total. The van der Waals surface area contributed by atoms with Gasteiger partial charge in [-0.2, -0.15) is 0 Å². The molecule has 3 aliphatic heterocycles. The van der Waals surface area contributed by atoms with Crippen molar-refractivity contribution < 1.29 is 24.2 Å². The predicted octanol–water partition coefficient (Wildman–Crippen LogP) is 2.24. The zero-order valence-electron chi connectivity index (χ0n) is 19.2. The number of hydrogen-bond acceptors (Lipinski definition) is 6. The quantitative estimate of drug-likeness (QED) is 0.438. The average molecular weight is 473 g/mol. The first-order chi connectivity index (χ1) is 15.9. The topological polar surface area (TPSA) is 87.2 Å². The highest BCUT2D eigenvalue weighted by molar-refractivity contribution is 8.02. The fourth-order valence-corrected chi connectivity index (χ4v) is 7.99. The number of fused-ring (bicyclic) bond motifs is 1. The van der Waals surface area contributed by atoms with E-state index in [0.717, 1.165) is 12.0 Å². The zero-order valence-corrected chi connectivity index (χ0v) is 20.0. The van der Waals surface area contributed by atoms with Crippen LogP contribution in [0.3, 0.4) is 0 Å². The van der Waals surface area contributed by atoms with Gasteiger partial charge in [-0.15, -0.1) is 18.3 Å². The van der Waals surface area contributed by atoms with E-state index in [0.29, 0.717) is 19.5 Å². The molecule has 8 heteroatoms. The van der Waals surface area contributed by atoms with Crippen LogP contribution in [0.1, 0.15) is 32.3 Å². The minimum atomic E-state index is -0.741. The van der Waals surface area contributed by atoms with Gasteiger partial charge in [-0.1, -0.05) is 36.4 Å². The summed E-state index contributed by atoms with van der Waals surface area (Å²) >= 11 is 1.61. The summed E-state index contributed by atoms with van der Waals surface area (Å²) in [6.45, 7) is 8.07. The van der Waals surface area contributed by atoms with Gasteiger partial charge in [-0.05, 0) is 32.3 Å². The third-order valence-corrected chi connectivity index (χ3v) is 9.10. The Morgan fingerprint density at radius 2 is 2.12 bits per heavy atom. The van der Waals surface area contributed by atoms with Crippen molar-refractivity contribution in [1.29, 1.82) is 0 Å². The standard InChI is InChI=1S/C25H32N2O5S/c1-4-13-26(14-17-9-7-6-8-10-17)23(30)21-25-12-11-18(33-25)19(24(31)32-5-2)20(25)22(29)27(21)16(3)15-28/h4,6-10,16,18-21,28H,1,5,11-15H2,2-3H3/t16-,18-,19+,20+,21?,25?/m1/s1. The van der Waals surface area contributed by atoms with Crippen molar-refractivity contribution in [2.75, 3.05) is 19.8 Å². The Morgan fingerprint density at radius 1 is 1.39 bits per heavy atom. The largest absolute Gasteiger partial charge is 0.466 e. The van der Waals surface area contributed by atoms with E-state index in [4.69, 9.17) is 4.74 Å². The molecule has 178 valence electrons. The summed E-state index contributed by atoms with van der Waals surface area (Å²) in [5.74, 6) is -1.89. The van der Waals surface area contributed by atoms with Crippen molar-refractivity contribution in [3.63, 3.8) is 0 Å². The number of aliphatic hydroxyl groups excluding tert-OH is 1. The van der Waals surface area contributed by atoms with Gasteiger partial charge in [0.05, 0.1) is 35.8 Å². The summed E-state index contributed by atoms with van der Waals surface area (Å²) in [7, 11) is 0. The fourth-order valence-electron chi connectivity index (χ4n) is 5.80. The van der Waals surface area contributed by atoms with E-state index in [9.17, 15) is 19.5 Å². The first-order valence-electron chi connectivity index (χ1n) is 11.6. The van der Waals surface area contributed by atoms with E-state index in [1.54, 1.807) is 41.5 Å². The third kappa shape index (κ3) is 3.87. The van der Waals surface area contributed by atoms with Crippen molar-refractivity contribution >= 4 is 29.5 Å². The highest BCUT2D eigenvalue weighted by atomic mass is 32.2. The van der Waals surface area contributed by atoms with Gasteiger partial charge in [0.25, 0.3) is 0 Å². The molecular weight excluding hydrogens is 440 g/mol. The molecule has 2 unspecified atom stereocenters. The smallest absolute Gasteiger partial charge is 0.310 e. The number of carbonyl (C=O) groups is 3. The van der Waals surface area contributed by atoms with Gasteiger partial charge in [0.15, 0.2) is 0 Å². The Kier molecular flexibility index (Phi) is 6.86. The first kappa shape index (κ1) is 23.8. The maximum atomic E-state index is 14.1. The maximum absolute atomic E-state index is 14.1. The lowest BCUT2D eigenvalue weighted by molar-refractivity contribution is -0.154. The highest BCUT2D eigenvalue weighted by Crippen LogP contribution is 2.66. The molecule has 0 radical (unpaired) electrons. The van der Waals surface area contributed by atoms with Crippen molar-refractivity contribution in [2.45, 2.75) is 55.3 Å². The second-order valence-electron chi connectivity index (χ2n) is 9.08. The van der Waals surface area contributed by atoms with Crippen LogP contribution in [0.2, 0.25) is 0 Å². The zero-order chi connectivity index (χ0) is 23.8. The van der Waals surface area contributed by atoms with Crippen molar-refractivity contribution in [3.8, 4) is 0 Å². The van der Waals surface area contributed by atoms with Crippen LogP contribution >= 0.6 is 11.8 Å². The van der Waals surface area contributed by atoms with Gasteiger partial charge in [0.2, 0.25) is 11.8 Å². The van der Waals surface area contributed by atoms with E-state index in [2.05, 4.69) is 6.58 Å². The van der Waals surface area contributed by atoms with E-state index in [1.165, 1.54) is 0 Å². The lowest BCUT2D eigenvalue weighted by Gasteiger charge is -2.38. The lowest BCUT2D eigenvalue weighted by Crippen LogP contribution is -2.56. The molecule has 0 saturated carbocycles. The van der Waals surface area contributed by atoms with Crippen LogP contribution in [-0.4, -0.2) is 74.5 Å². The molecule has 6 atom stereocenters. The van der Waals surface area contributed by atoms with Gasteiger partial charge in [-0.25, -0.2) is 0 Å². The molecule has 3 aliphatic rings. The van der Waals surface area contributed by atoms with Gasteiger partial charge < -0.3 is 19.6 Å². The number of carbonyl (C=O) groups excluding carboxylic acids is 3. The molecule has 3 heterocycles. The molecule has 4 rings (SSSR count). The number of thioether (sulfide) groups is 1. The Hall–Kier alpha value is -2.32. The number of ether oxygens (including phenoxy) is 1.